The number of halogens is 2. The molecule has 2 N–H and O–H groups in total. The molecule has 0 saturated carbocycles. The summed E-state index contributed by atoms with van der Waals surface area (Å²) in [5.74, 6) is 1.17. The standard InChI is InChI=1S/C17H24FN3O2.HI/c1-5-19-17(21-11(2)10-22-4)20-9-16-12(3)14-8-13(18)6-7-15(14)23-16;/h6-8,11H,5,9-10H2,1-4H3,(H2,19,20,21);1H. The van der Waals surface area contributed by atoms with Crippen molar-refractivity contribution in [2.75, 3.05) is 20.3 Å². The van der Waals surface area contributed by atoms with Crippen molar-refractivity contribution in [2.24, 2.45) is 4.99 Å². The average Bonchev–Trinajstić information content (AvgIpc) is 2.82. The largest absolute Gasteiger partial charge is 0.459 e. The molecule has 1 heterocycles. The Labute approximate surface area is 159 Å². The van der Waals surface area contributed by atoms with Gasteiger partial charge in [0.1, 0.15) is 23.7 Å². The summed E-state index contributed by atoms with van der Waals surface area (Å²) >= 11 is 0. The van der Waals surface area contributed by atoms with Gasteiger partial charge in [0, 0.05) is 30.6 Å². The molecule has 1 aromatic carbocycles. The number of furan rings is 1. The van der Waals surface area contributed by atoms with Gasteiger partial charge in [-0.25, -0.2) is 9.38 Å². The summed E-state index contributed by atoms with van der Waals surface area (Å²) < 4.78 is 24.3. The van der Waals surface area contributed by atoms with Crippen LogP contribution in [0.5, 0.6) is 0 Å². The highest BCUT2D eigenvalue weighted by Gasteiger charge is 2.11. The van der Waals surface area contributed by atoms with Crippen LogP contribution in [-0.2, 0) is 11.3 Å². The zero-order valence-corrected chi connectivity index (χ0v) is 16.8. The second-order valence-corrected chi connectivity index (χ2v) is 5.49. The number of hydrogen-bond donors (Lipinski definition) is 2. The maximum atomic E-state index is 13.4. The molecule has 0 bridgehead atoms. The Morgan fingerprint density at radius 3 is 2.83 bits per heavy atom. The molecule has 0 amide bonds. The van der Waals surface area contributed by atoms with E-state index >= 15 is 0 Å². The molecule has 0 radical (unpaired) electrons. The van der Waals surface area contributed by atoms with E-state index < -0.39 is 0 Å². The minimum atomic E-state index is -0.264. The summed E-state index contributed by atoms with van der Waals surface area (Å²) in [5, 5.41) is 7.24. The Balaban J connectivity index is 0.00000288. The lowest BCUT2D eigenvalue weighted by atomic mass is 10.1. The van der Waals surface area contributed by atoms with E-state index in [1.807, 2.05) is 20.8 Å². The van der Waals surface area contributed by atoms with Crippen LogP contribution < -0.4 is 10.6 Å². The van der Waals surface area contributed by atoms with E-state index in [1.165, 1.54) is 12.1 Å². The molecule has 1 aromatic heterocycles. The Hall–Kier alpha value is -1.35. The lowest BCUT2D eigenvalue weighted by Crippen LogP contribution is -2.43. The van der Waals surface area contributed by atoms with Crippen molar-refractivity contribution in [1.82, 2.24) is 10.6 Å². The van der Waals surface area contributed by atoms with E-state index in [0.717, 1.165) is 23.3 Å². The summed E-state index contributed by atoms with van der Waals surface area (Å²) in [5.41, 5.74) is 1.60. The van der Waals surface area contributed by atoms with Gasteiger partial charge >= 0.3 is 0 Å². The number of guanidine groups is 1. The zero-order chi connectivity index (χ0) is 16.8. The maximum Gasteiger partial charge on any atom is 0.191 e. The maximum absolute atomic E-state index is 13.4. The van der Waals surface area contributed by atoms with E-state index in [4.69, 9.17) is 9.15 Å². The van der Waals surface area contributed by atoms with Gasteiger partial charge in [0.05, 0.1) is 6.61 Å². The molecule has 7 heteroatoms. The fourth-order valence-corrected chi connectivity index (χ4v) is 2.39. The Kier molecular flexibility index (Phi) is 8.47. The molecule has 0 aliphatic heterocycles. The third kappa shape index (κ3) is 5.34. The molecule has 2 aromatic rings. The predicted molar refractivity (Wildman–Crippen MR) is 106 cm³/mol. The van der Waals surface area contributed by atoms with E-state index in [-0.39, 0.29) is 35.8 Å². The Bertz CT molecular complexity index is 688. The number of aliphatic imine (C=N–C) groups is 1. The van der Waals surface area contributed by atoms with Gasteiger partial charge in [-0.2, -0.15) is 0 Å². The fourth-order valence-electron chi connectivity index (χ4n) is 2.39. The molecule has 2 rings (SSSR count). The zero-order valence-electron chi connectivity index (χ0n) is 14.5. The third-order valence-electron chi connectivity index (χ3n) is 3.52. The van der Waals surface area contributed by atoms with Crippen LogP contribution in [0.1, 0.15) is 25.2 Å². The van der Waals surface area contributed by atoms with Gasteiger partial charge < -0.3 is 19.8 Å². The quantitative estimate of drug-likeness (QED) is 0.402. The number of nitrogens with one attached hydrogen (secondary N) is 2. The number of methoxy groups -OCH3 is 1. The van der Waals surface area contributed by atoms with Crippen LogP contribution in [0.15, 0.2) is 27.6 Å². The number of hydrogen-bond acceptors (Lipinski definition) is 3. The van der Waals surface area contributed by atoms with Gasteiger partial charge in [-0.1, -0.05) is 0 Å². The minimum Gasteiger partial charge on any atom is -0.459 e. The number of nitrogens with zero attached hydrogens (tertiary/aromatic N) is 1. The Morgan fingerprint density at radius 2 is 2.17 bits per heavy atom. The summed E-state index contributed by atoms with van der Waals surface area (Å²) in [6.07, 6.45) is 0. The van der Waals surface area contributed by atoms with Gasteiger partial charge in [-0.05, 0) is 39.0 Å². The first kappa shape index (κ1) is 20.7. The normalized spacial score (nSPS) is 12.8. The molecular formula is C17H25FIN3O2. The van der Waals surface area contributed by atoms with Crippen LogP contribution in [0.2, 0.25) is 0 Å². The highest BCUT2D eigenvalue weighted by atomic mass is 127. The van der Waals surface area contributed by atoms with Crippen molar-refractivity contribution in [1.29, 1.82) is 0 Å². The second kappa shape index (κ2) is 9.83. The summed E-state index contributed by atoms with van der Waals surface area (Å²) in [6.45, 7) is 7.68. The molecule has 5 nitrogen and oxygen atoms in total. The topological polar surface area (TPSA) is 58.8 Å². The van der Waals surface area contributed by atoms with Crippen LogP contribution in [-0.4, -0.2) is 32.3 Å². The van der Waals surface area contributed by atoms with Crippen molar-refractivity contribution in [2.45, 2.75) is 33.4 Å². The number of fused-ring (bicyclic) bond motifs is 1. The summed E-state index contributed by atoms with van der Waals surface area (Å²) in [7, 11) is 1.67. The van der Waals surface area contributed by atoms with Crippen LogP contribution >= 0.6 is 24.0 Å². The minimum absolute atomic E-state index is 0. The van der Waals surface area contributed by atoms with Crippen LogP contribution in [0.4, 0.5) is 4.39 Å². The fraction of sp³-hybridized carbons (Fsp3) is 0.471. The summed E-state index contributed by atoms with van der Waals surface area (Å²) in [4.78, 5) is 4.54. The van der Waals surface area contributed by atoms with Gasteiger partial charge in [-0.3, -0.25) is 0 Å². The molecule has 0 spiro atoms. The van der Waals surface area contributed by atoms with Gasteiger partial charge in [0.2, 0.25) is 0 Å². The second-order valence-electron chi connectivity index (χ2n) is 5.49. The molecule has 1 atom stereocenters. The lowest BCUT2D eigenvalue weighted by molar-refractivity contribution is 0.179. The van der Waals surface area contributed by atoms with E-state index in [1.54, 1.807) is 13.2 Å². The van der Waals surface area contributed by atoms with Crippen molar-refractivity contribution in [3.8, 4) is 0 Å². The van der Waals surface area contributed by atoms with Crippen LogP contribution in [0.25, 0.3) is 11.0 Å². The molecule has 134 valence electrons. The van der Waals surface area contributed by atoms with Gasteiger partial charge in [-0.15, -0.1) is 24.0 Å². The highest BCUT2D eigenvalue weighted by Crippen LogP contribution is 2.26. The molecule has 0 saturated heterocycles. The molecule has 1 unspecified atom stereocenters. The SMILES string of the molecule is CCNC(=NCc1oc2ccc(F)cc2c1C)NC(C)COC.I. The first-order chi connectivity index (χ1) is 11.0. The molecule has 0 fully saturated rings. The van der Waals surface area contributed by atoms with E-state index in [0.29, 0.717) is 24.7 Å². The van der Waals surface area contributed by atoms with Crippen LogP contribution in [0.3, 0.4) is 0 Å². The molecular weight excluding hydrogens is 424 g/mol. The molecule has 0 aliphatic rings. The summed E-state index contributed by atoms with van der Waals surface area (Å²) in [6, 6.07) is 4.68. The smallest absolute Gasteiger partial charge is 0.191 e. The van der Waals surface area contributed by atoms with Crippen molar-refractivity contribution in [3.63, 3.8) is 0 Å². The van der Waals surface area contributed by atoms with Gasteiger partial charge in [0.25, 0.3) is 0 Å². The van der Waals surface area contributed by atoms with Crippen molar-refractivity contribution in [3.05, 3.63) is 35.3 Å². The number of aryl methyl sites for hydroxylation is 1. The first-order valence-corrected chi connectivity index (χ1v) is 7.76. The number of rotatable bonds is 6. The highest BCUT2D eigenvalue weighted by molar-refractivity contribution is 14.0. The predicted octanol–water partition coefficient (Wildman–Crippen LogP) is 3.59. The number of ether oxygens (including phenoxy) is 1. The van der Waals surface area contributed by atoms with E-state index in [9.17, 15) is 4.39 Å². The van der Waals surface area contributed by atoms with E-state index in [2.05, 4.69) is 15.6 Å². The Morgan fingerprint density at radius 1 is 1.42 bits per heavy atom. The monoisotopic (exact) mass is 449 g/mol. The molecule has 0 aliphatic carbocycles. The van der Waals surface area contributed by atoms with Crippen LogP contribution in [0, 0.1) is 12.7 Å². The van der Waals surface area contributed by atoms with Crippen molar-refractivity contribution >= 4 is 40.9 Å². The lowest BCUT2D eigenvalue weighted by Gasteiger charge is -2.16. The number of benzene rings is 1. The molecule has 24 heavy (non-hydrogen) atoms. The average molecular weight is 449 g/mol. The van der Waals surface area contributed by atoms with Gasteiger partial charge in [0.15, 0.2) is 5.96 Å². The third-order valence-corrected chi connectivity index (χ3v) is 3.52. The van der Waals surface area contributed by atoms with Crippen molar-refractivity contribution < 1.29 is 13.5 Å². The first-order valence-electron chi connectivity index (χ1n) is 7.76.